The number of benzene rings is 1. The van der Waals surface area contributed by atoms with Gasteiger partial charge in [-0.05, 0) is 24.5 Å². The normalized spacial score (nSPS) is 15.7. The monoisotopic (exact) mass is 247 g/mol. The maximum Gasteiger partial charge on any atom is 0.245 e. The van der Waals surface area contributed by atoms with Crippen LogP contribution in [0.5, 0.6) is 0 Å². The first-order valence-corrected chi connectivity index (χ1v) is 5.91. The Bertz CT molecular complexity index is 473. The van der Waals surface area contributed by atoms with Crippen LogP contribution in [0, 0.1) is 0 Å². The van der Waals surface area contributed by atoms with Crippen LogP contribution in [0.3, 0.4) is 0 Å². The van der Waals surface area contributed by atoms with Crippen LogP contribution in [-0.2, 0) is 17.8 Å². The summed E-state index contributed by atoms with van der Waals surface area (Å²) < 4.78 is 0. The average molecular weight is 247 g/mol. The molecule has 1 aliphatic heterocycles. The summed E-state index contributed by atoms with van der Waals surface area (Å²) in [6.07, 6.45) is -0.617. The Morgan fingerprint density at radius 3 is 2.67 bits per heavy atom. The molecular formula is C13H15N2O3-. The van der Waals surface area contributed by atoms with Crippen molar-refractivity contribution >= 4 is 12.0 Å². The molecular weight excluding hydrogens is 232 g/mol. The largest absolute Gasteiger partial charge is 0.530 e. The van der Waals surface area contributed by atoms with Crippen LogP contribution in [0.2, 0.25) is 0 Å². The van der Waals surface area contributed by atoms with E-state index in [0.29, 0.717) is 13.1 Å². The molecule has 96 valence electrons. The lowest BCUT2D eigenvalue weighted by Crippen LogP contribution is -2.51. The number of fused-ring (bicyclic) bond motifs is 1. The summed E-state index contributed by atoms with van der Waals surface area (Å²) in [4.78, 5) is 24.1. The number of rotatable bonds is 2. The zero-order valence-corrected chi connectivity index (χ0v) is 10.2. The van der Waals surface area contributed by atoms with Crippen LogP contribution >= 0.6 is 0 Å². The van der Waals surface area contributed by atoms with Crippen LogP contribution in [-0.4, -0.2) is 29.5 Å². The standard InChI is InChI=1S/C13H16N2O3/c1-9(14-13(17)18)12(16)15-7-6-10-4-2-3-5-11(10)8-15/h2-5,9,14H,6-8H2,1H3,(H,17,18)/p-1. The molecule has 5 nitrogen and oxygen atoms in total. The Balaban J connectivity index is 2.04. The summed E-state index contributed by atoms with van der Waals surface area (Å²) in [6.45, 7) is 2.68. The molecule has 1 N–H and O–H groups in total. The van der Waals surface area contributed by atoms with E-state index in [4.69, 9.17) is 0 Å². The van der Waals surface area contributed by atoms with Gasteiger partial charge in [-0.3, -0.25) is 4.79 Å². The lowest BCUT2D eigenvalue weighted by Gasteiger charge is -2.31. The van der Waals surface area contributed by atoms with E-state index in [-0.39, 0.29) is 5.91 Å². The highest BCUT2D eigenvalue weighted by Gasteiger charge is 2.24. The highest BCUT2D eigenvalue weighted by Crippen LogP contribution is 2.18. The Morgan fingerprint density at radius 1 is 1.33 bits per heavy atom. The quantitative estimate of drug-likeness (QED) is 0.792. The van der Waals surface area contributed by atoms with Crippen molar-refractivity contribution in [2.45, 2.75) is 25.9 Å². The predicted octanol–water partition coefficient (Wildman–Crippen LogP) is -0.107. The molecule has 5 heteroatoms. The molecule has 0 spiro atoms. The average Bonchev–Trinajstić information content (AvgIpc) is 2.36. The molecule has 1 heterocycles. The van der Waals surface area contributed by atoms with Crippen LogP contribution in [0.1, 0.15) is 18.1 Å². The Kier molecular flexibility index (Phi) is 3.50. The second kappa shape index (κ2) is 5.08. The minimum Gasteiger partial charge on any atom is -0.530 e. The SMILES string of the molecule is CC(NC(=O)[O-])C(=O)N1CCc2ccccc2C1. The van der Waals surface area contributed by atoms with Crippen LogP contribution in [0.15, 0.2) is 24.3 Å². The minimum atomic E-state index is -1.42. The Hall–Kier alpha value is -2.04. The molecule has 0 aliphatic carbocycles. The van der Waals surface area contributed by atoms with Gasteiger partial charge < -0.3 is 20.1 Å². The molecule has 0 aromatic heterocycles. The van der Waals surface area contributed by atoms with E-state index < -0.39 is 12.1 Å². The van der Waals surface area contributed by atoms with E-state index in [9.17, 15) is 14.7 Å². The van der Waals surface area contributed by atoms with Crippen molar-refractivity contribution in [2.24, 2.45) is 0 Å². The summed E-state index contributed by atoms with van der Waals surface area (Å²) in [5, 5.41) is 12.5. The maximum atomic E-state index is 12.0. The second-order valence-electron chi connectivity index (χ2n) is 4.43. The molecule has 0 bridgehead atoms. The first-order chi connectivity index (χ1) is 8.58. The zero-order valence-electron chi connectivity index (χ0n) is 10.2. The summed E-state index contributed by atoms with van der Waals surface area (Å²) in [5.41, 5.74) is 2.37. The van der Waals surface area contributed by atoms with Crippen molar-refractivity contribution in [3.05, 3.63) is 35.4 Å². The number of carbonyl (C=O) groups excluding carboxylic acids is 2. The number of hydrogen-bond acceptors (Lipinski definition) is 3. The fourth-order valence-corrected chi connectivity index (χ4v) is 2.20. The van der Waals surface area contributed by atoms with Gasteiger partial charge in [-0.25, -0.2) is 0 Å². The fraction of sp³-hybridized carbons (Fsp3) is 0.385. The predicted molar refractivity (Wildman–Crippen MR) is 63.6 cm³/mol. The maximum absolute atomic E-state index is 12.0. The summed E-state index contributed by atoms with van der Waals surface area (Å²) >= 11 is 0. The number of carboxylic acid groups (broad SMARTS) is 1. The van der Waals surface area contributed by atoms with Crippen LogP contribution in [0.25, 0.3) is 0 Å². The molecule has 18 heavy (non-hydrogen) atoms. The van der Waals surface area contributed by atoms with Crippen molar-refractivity contribution in [1.29, 1.82) is 0 Å². The van der Waals surface area contributed by atoms with Crippen molar-refractivity contribution in [2.75, 3.05) is 6.54 Å². The van der Waals surface area contributed by atoms with Gasteiger partial charge >= 0.3 is 0 Å². The molecule has 0 fully saturated rings. The minimum absolute atomic E-state index is 0.214. The first-order valence-electron chi connectivity index (χ1n) is 5.91. The molecule has 2 amide bonds. The summed E-state index contributed by atoms with van der Waals surface area (Å²) in [5.74, 6) is -0.214. The Labute approximate surface area is 105 Å². The number of carbonyl (C=O) groups is 2. The summed E-state index contributed by atoms with van der Waals surface area (Å²) in [6, 6.07) is 7.21. The third-order valence-electron chi connectivity index (χ3n) is 3.15. The third kappa shape index (κ3) is 2.61. The fourth-order valence-electron chi connectivity index (χ4n) is 2.20. The molecule has 1 aromatic rings. The van der Waals surface area contributed by atoms with Gasteiger partial charge in [0.25, 0.3) is 0 Å². The molecule has 2 rings (SSSR count). The van der Waals surface area contributed by atoms with Crippen molar-refractivity contribution < 1.29 is 14.7 Å². The summed E-state index contributed by atoms with van der Waals surface area (Å²) in [7, 11) is 0. The smallest absolute Gasteiger partial charge is 0.245 e. The van der Waals surface area contributed by atoms with Gasteiger partial charge in [-0.1, -0.05) is 24.3 Å². The molecule has 0 saturated carbocycles. The molecule has 0 radical (unpaired) electrons. The van der Waals surface area contributed by atoms with Gasteiger partial charge in [0.05, 0.1) is 0 Å². The van der Waals surface area contributed by atoms with E-state index in [1.165, 1.54) is 12.5 Å². The molecule has 1 aliphatic rings. The number of hydrogen-bond donors (Lipinski definition) is 1. The molecule has 1 aromatic carbocycles. The highest BCUT2D eigenvalue weighted by atomic mass is 16.4. The van der Waals surface area contributed by atoms with Gasteiger partial charge in [0.1, 0.15) is 12.1 Å². The Morgan fingerprint density at radius 2 is 2.00 bits per heavy atom. The molecule has 0 saturated heterocycles. The van der Waals surface area contributed by atoms with Crippen molar-refractivity contribution in [1.82, 2.24) is 10.2 Å². The van der Waals surface area contributed by atoms with E-state index in [1.54, 1.807) is 4.90 Å². The van der Waals surface area contributed by atoms with Gasteiger partial charge in [-0.2, -0.15) is 0 Å². The van der Waals surface area contributed by atoms with Crippen molar-refractivity contribution in [3.8, 4) is 0 Å². The molecule has 1 unspecified atom stereocenters. The zero-order chi connectivity index (χ0) is 13.1. The third-order valence-corrected chi connectivity index (χ3v) is 3.15. The lowest BCUT2D eigenvalue weighted by molar-refractivity contribution is -0.251. The van der Waals surface area contributed by atoms with Crippen molar-refractivity contribution in [3.63, 3.8) is 0 Å². The second-order valence-corrected chi connectivity index (χ2v) is 4.43. The number of nitrogens with one attached hydrogen (secondary N) is 1. The van der Waals surface area contributed by atoms with Crippen LogP contribution in [0.4, 0.5) is 4.79 Å². The molecule has 1 atom stereocenters. The topological polar surface area (TPSA) is 72.5 Å². The number of nitrogens with zero attached hydrogens (tertiary/aromatic N) is 1. The van der Waals surface area contributed by atoms with E-state index in [1.807, 2.05) is 18.2 Å². The van der Waals surface area contributed by atoms with E-state index >= 15 is 0 Å². The van der Waals surface area contributed by atoms with Gasteiger partial charge in [0.15, 0.2) is 0 Å². The van der Waals surface area contributed by atoms with Gasteiger partial charge in [0, 0.05) is 13.1 Å². The van der Waals surface area contributed by atoms with Crippen LogP contribution < -0.4 is 10.4 Å². The van der Waals surface area contributed by atoms with Gasteiger partial charge in [0.2, 0.25) is 5.91 Å². The first kappa shape index (κ1) is 12.4. The highest BCUT2D eigenvalue weighted by molar-refractivity contribution is 5.84. The van der Waals surface area contributed by atoms with E-state index in [0.717, 1.165) is 12.0 Å². The van der Waals surface area contributed by atoms with E-state index in [2.05, 4.69) is 11.4 Å². The van der Waals surface area contributed by atoms with Gasteiger partial charge in [-0.15, -0.1) is 0 Å². The number of amides is 2. The lowest BCUT2D eigenvalue weighted by atomic mass is 9.99.